The molecule has 0 saturated carbocycles. The lowest BCUT2D eigenvalue weighted by atomic mass is 10.0. The van der Waals surface area contributed by atoms with Crippen LogP contribution in [0.1, 0.15) is 12.0 Å². The topological polar surface area (TPSA) is 63.2 Å². The second kappa shape index (κ2) is 8.21. The Morgan fingerprint density at radius 3 is 2.60 bits per heavy atom. The van der Waals surface area contributed by atoms with Crippen LogP contribution in [0.3, 0.4) is 0 Å². The third kappa shape index (κ3) is 3.80. The molecule has 1 aromatic heterocycles. The molecule has 0 atom stereocenters. The maximum absolute atomic E-state index is 6.04. The summed E-state index contributed by atoms with van der Waals surface area (Å²) in [6.07, 6.45) is 3.76. The molecule has 0 saturated heterocycles. The summed E-state index contributed by atoms with van der Waals surface area (Å²) in [7, 11) is 0. The lowest BCUT2D eigenvalue weighted by molar-refractivity contribution is 0.485. The molecule has 6 nitrogen and oxygen atoms in total. The number of fused-ring (bicyclic) bond motifs is 1. The van der Waals surface area contributed by atoms with Crippen LogP contribution in [0.15, 0.2) is 85.1 Å². The highest BCUT2D eigenvalue weighted by atomic mass is 16.5. The molecule has 5 rings (SSSR count). The van der Waals surface area contributed by atoms with E-state index < -0.39 is 0 Å². The Labute approximate surface area is 175 Å². The van der Waals surface area contributed by atoms with E-state index in [1.54, 1.807) is 6.20 Å². The first kappa shape index (κ1) is 18.1. The molecule has 2 heterocycles. The number of aryl methyl sites for hydroxylation is 1. The molecule has 0 aliphatic carbocycles. The van der Waals surface area contributed by atoms with Gasteiger partial charge in [-0.3, -0.25) is 0 Å². The average molecular weight is 395 g/mol. The number of aromatic nitrogens is 3. The van der Waals surface area contributed by atoms with Crippen molar-refractivity contribution in [3.63, 3.8) is 0 Å². The number of anilines is 4. The van der Waals surface area contributed by atoms with Crippen molar-refractivity contribution in [1.82, 2.24) is 15.2 Å². The van der Waals surface area contributed by atoms with Crippen LogP contribution in [0.4, 0.5) is 23.1 Å². The first-order chi connectivity index (χ1) is 14.9. The SMILES string of the molecule is c1ccc(Oc2ccccc2Nc2cnnc(N3CCCc4ccccc43)n2)cc1. The van der Waals surface area contributed by atoms with E-state index in [0.717, 1.165) is 36.5 Å². The van der Waals surface area contributed by atoms with Crippen molar-refractivity contribution >= 4 is 23.1 Å². The van der Waals surface area contributed by atoms with E-state index in [9.17, 15) is 0 Å². The van der Waals surface area contributed by atoms with Gasteiger partial charge in [-0.05, 0) is 48.7 Å². The van der Waals surface area contributed by atoms with Crippen LogP contribution >= 0.6 is 0 Å². The number of hydrogen-bond donors (Lipinski definition) is 1. The molecular formula is C24H21N5O. The maximum Gasteiger partial charge on any atom is 0.251 e. The van der Waals surface area contributed by atoms with Gasteiger partial charge in [0.25, 0.3) is 5.95 Å². The Balaban J connectivity index is 1.42. The van der Waals surface area contributed by atoms with Crippen LogP contribution in [0.5, 0.6) is 11.5 Å². The van der Waals surface area contributed by atoms with Crippen LogP contribution in [-0.4, -0.2) is 21.7 Å². The molecule has 6 heteroatoms. The molecule has 4 aromatic rings. The molecule has 30 heavy (non-hydrogen) atoms. The fourth-order valence-corrected chi connectivity index (χ4v) is 3.62. The zero-order chi connectivity index (χ0) is 20.2. The van der Waals surface area contributed by atoms with E-state index in [0.29, 0.717) is 17.5 Å². The third-order valence-electron chi connectivity index (χ3n) is 5.02. The molecule has 0 unspecified atom stereocenters. The van der Waals surface area contributed by atoms with Crippen molar-refractivity contribution < 1.29 is 4.74 Å². The Morgan fingerprint density at radius 1 is 0.867 bits per heavy atom. The second-order valence-electron chi connectivity index (χ2n) is 7.06. The molecule has 0 bridgehead atoms. The molecule has 1 aliphatic rings. The average Bonchev–Trinajstić information content (AvgIpc) is 2.81. The fourth-order valence-electron chi connectivity index (χ4n) is 3.62. The molecule has 1 aliphatic heterocycles. The number of benzene rings is 3. The van der Waals surface area contributed by atoms with E-state index >= 15 is 0 Å². The number of rotatable bonds is 5. The van der Waals surface area contributed by atoms with Gasteiger partial charge in [0.2, 0.25) is 0 Å². The Kier molecular flexibility index (Phi) is 4.96. The molecule has 148 valence electrons. The molecule has 0 radical (unpaired) electrons. The minimum atomic E-state index is 0.591. The van der Waals surface area contributed by atoms with Gasteiger partial charge in [-0.1, -0.05) is 48.5 Å². The number of para-hydroxylation sites is 4. The highest BCUT2D eigenvalue weighted by Gasteiger charge is 2.20. The fraction of sp³-hybridized carbons (Fsp3) is 0.125. The lowest BCUT2D eigenvalue weighted by Gasteiger charge is -2.29. The van der Waals surface area contributed by atoms with Gasteiger partial charge in [0, 0.05) is 12.2 Å². The first-order valence-electron chi connectivity index (χ1n) is 10.0. The summed E-state index contributed by atoms with van der Waals surface area (Å²) in [5.41, 5.74) is 3.27. The smallest absolute Gasteiger partial charge is 0.251 e. The minimum Gasteiger partial charge on any atom is -0.455 e. The van der Waals surface area contributed by atoms with Gasteiger partial charge in [-0.15, -0.1) is 5.10 Å². The molecular weight excluding hydrogens is 374 g/mol. The van der Waals surface area contributed by atoms with Gasteiger partial charge in [0.05, 0.1) is 11.9 Å². The minimum absolute atomic E-state index is 0.591. The highest BCUT2D eigenvalue weighted by Crippen LogP contribution is 2.33. The van der Waals surface area contributed by atoms with E-state index in [1.807, 2.05) is 60.7 Å². The summed E-state index contributed by atoms with van der Waals surface area (Å²) in [4.78, 5) is 6.85. The summed E-state index contributed by atoms with van der Waals surface area (Å²) in [6, 6.07) is 25.9. The van der Waals surface area contributed by atoms with Crippen molar-refractivity contribution in [3.05, 3.63) is 90.6 Å². The molecule has 0 fully saturated rings. The van der Waals surface area contributed by atoms with Crippen LogP contribution in [-0.2, 0) is 6.42 Å². The molecule has 1 N–H and O–H groups in total. The van der Waals surface area contributed by atoms with Crippen molar-refractivity contribution in [3.8, 4) is 11.5 Å². The van der Waals surface area contributed by atoms with Crippen LogP contribution in [0.25, 0.3) is 0 Å². The largest absolute Gasteiger partial charge is 0.455 e. The Bertz CT molecular complexity index is 1150. The van der Waals surface area contributed by atoms with Gasteiger partial charge in [-0.2, -0.15) is 10.1 Å². The molecule has 3 aromatic carbocycles. The molecule has 0 amide bonds. The maximum atomic E-state index is 6.04. The first-order valence-corrected chi connectivity index (χ1v) is 10.0. The van der Waals surface area contributed by atoms with Crippen molar-refractivity contribution in [2.45, 2.75) is 12.8 Å². The monoisotopic (exact) mass is 395 g/mol. The second-order valence-corrected chi connectivity index (χ2v) is 7.06. The molecule has 0 spiro atoms. The van der Waals surface area contributed by atoms with Gasteiger partial charge in [-0.25, -0.2) is 0 Å². The van der Waals surface area contributed by atoms with Gasteiger partial charge >= 0.3 is 0 Å². The van der Waals surface area contributed by atoms with E-state index in [2.05, 4.69) is 38.6 Å². The van der Waals surface area contributed by atoms with E-state index in [-0.39, 0.29) is 0 Å². The van der Waals surface area contributed by atoms with E-state index in [4.69, 9.17) is 9.72 Å². The van der Waals surface area contributed by atoms with Crippen molar-refractivity contribution in [2.24, 2.45) is 0 Å². The van der Waals surface area contributed by atoms with Gasteiger partial charge in [0.1, 0.15) is 5.75 Å². The lowest BCUT2D eigenvalue weighted by Crippen LogP contribution is -2.26. The predicted molar refractivity (Wildman–Crippen MR) is 118 cm³/mol. The number of hydrogen-bond acceptors (Lipinski definition) is 6. The Morgan fingerprint density at radius 2 is 1.67 bits per heavy atom. The van der Waals surface area contributed by atoms with Gasteiger partial charge in [0.15, 0.2) is 11.6 Å². The van der Waals surface area contributed by atoms with Crippen LogP contribution in [0, 0.1) is 0 Å². The summed E-state index contributed by atoms with van der Waals surface area (Å²) in [6.45, 7) is 0.871. The summed E-state index contributed by atoms with van der Waals surface area (Å²) in [5, 5.41) is 11.8. The van der Waals surface area contributed by atoms with Crippen LogP contribution in [0.2, 0.25) is 0 Å². The van der Waals surface area contributed by atoms with Crippen molar-refractivity contribution in [1.29, 1.82) is 0 Å². The highest BCUT2D eigenvalue weighted by molar-refractivity contribution is 5.67. The predicted octanol–water partition coefficient (Wildman–Crippen LogP) is 5.49. The summed E-state index contributed by atoms with van der Waals surface area (Å²) < 4.78 is 6.04. The number of ether oxygens (including phenoxy) is 1. The quantitative estimate of drug-likeness (QED) is 0.482. The van der Waals surface area contributed by atoms with E-state index in [1.165, 1.54) is 5.56 Å². The number of nitrogens with zero attached hydrogens (tertiary/aromatic N) is 4. The summed E-state index contributed by atoms with van der Waals surface area (Å²) in [5.74, 6) is 2.70. The Hall–Kier alpha value is -3.93. The zero-order valence-electron chi connectivity index (χ0n) is 16.4. The third-order valence-corrected chi connectivity index (χ3v) is 5.02. The summed E-state index contributed by atoms with van der Waals surface area (Å²) >= 11 is 0. The normalized spacial score (nSPS) is 12.9. The van der Waals surface area contributed by atoms with Crippen LogP contribution < -0.4 is 15.0 Å². The standard InChI is InChI=1S/C24H21N5O/c1-2-11-19(12-3-1)30-22-15-7-5-13-20(22)26-23-17-25-28-24(27-23)29-16-8-10-18-9-4-6-14-21(18)29/h1-7,9,11-15,17H,8,10,16H2,(H,26,27,28). The zero-order valence-corrected chi connectivity index (χ0v) is 16.4. The van der Waals surface area contributed by atoms with Gasteiger partial charge < -0.3 is 15.0 Å². The number of nitrogens with one attached hydrogen (secondary N) is 1. The van der Waals surface area contributed by atoms with Crippen molar-refractivity contribution in [2.75, 3.05) is 16.8 Å².